The minimum atomic E-state index is -1.15. The van der Waals surface area contributed by atoms with Crippen molar-refractivity contribution in [3.63, 3.8) is 0 Å². The minimum Gasteiger partial charge on any atom is -0.484 e. The summed E-state index contributed by atoms with van der Waals surface area (Å²) in [5, 5.41) is 11.5. The molecule has 0 aliphatic carbocycles. The number of ether oxygens (including phenoxy) is 1. The third-order valence-corrected chi connectivity index (χ3v) is 3.04. The summed E-state index contributed by atoms with van der Waals surface area (Å²) in [6.07, 6.45) is -0.313. The van der Waals surface area contributed by atoms with Crippen LogP contribution in [0.3, 0.4) is 0 Å². The Balaban J connectivity index is 2.30. The van der Waals surface area contributed by atoms with Crippen LogP contribution in [-0.2, 0) is 0 Å². The molecule has 0 unspecified atom stereocenters. The highest BCUT2D eigenvalue weighted by atomic mass is 16.5. The number of carbonyl (C=O) groups is 2. The molecule has 0 saturated carbocycles. The lowest BCUT2D eigenvalue weighted by Crippen LogP contribution is -2.19. The summed E-state index contributed by atoms with van der Waals surface area (Å²) in [6, 6.07) is 10.8. The van der Waals surface area contributed by atoms with Crippen molar-refractivity contribution in [1.29, 1.82) is 0 Å². The Morgan fingerprint density at radius 3 is 2.52 bits per heavy atom. The molecule has 1 aromatic carbocycles. The van der Waals surface area contributed by atoms with Gasteiger partial charge in [0, 0.05) is 13.1 Å². The highest BCUT2D eigenvalue weighted by Gasteiger charge is 2.20. The summed E-state index contributed by atoms with van der Waals surface area (Å²) in [5.41, 5.74) is 0.931. The molecule has 2 aromatic rings. The maximum atomic E-state index is 11.8. The van der Waals surface area contributed by atoms with Crippen LogP contribution in [-0.4, -0.2) is 29.0 Å². The van der Waals surface area contributed by atoms with Crippen molar-refractivity contribution in [1.82, 2.24) is 10.3 Å². The predicted octanol–water partition coefficient (Wildman–Crippen LogP) is 2.21. The SMILES string of the molecule is CNC(=O)c1[nH]c(C(=O)O)cc1O[C@H](C)c1ccccc1. The lowest BCUT2D eigenvalue weighted by Gasteiger charge is -2.14. The summed E-state index contributed by atoms with van der Waals surface area (Å²) in [4.78, 5) is 25.3. The van der Waals surface area contributed by atoms with Gasteiger partial charge in [-0.25, -0.2) is 4.79 Å². The topological polar surface area (TPSA) is 91.4 Å². The number of carboxylic acids is 1. The van der Waals surface area contributed by atoms with E-state index in [4.69, 9.17) is 9.84 Å². The number of nitrogens with one attached hydrogen (secondary N) is 2. The van der Waals surface area contributed by atoms with E-state index in [2.05, 4.69) is 10.3 Å². The number of aromatic nitrogens is 1. The summed E-state index contributed by atoms with van der Waals surface area (Å²) in [6.45, 7) is 1.83. The lowest BCUT2D eigenvalue weighted by molar-refractivity contribution is 0.0691. The molecular weight excluding hydrogens is 272 g/mol. The van der Waals surface area contributed by atoms with Crippen LogP contribution in [0.25, 0.3) is 0 Å². The van der Waals surface area contributed by atoms with Gasteiger partial charge in [0.1, 0.15) is 17.5 Å². The molecule has 0 spiro atoms. The van der Waals surface area contributed by atoms with Crippen molar-refractivity contribution < 1.29 is 19.4 Å². The van der Waals surface area contributed by atoms with Gasteiger partial charge in [-0.05, 0) is 12.5 Å². The number of benzene rings is 1. The second kappa shape index (κ2) is 6.13. The molecule has 0 fully saturated rings. The van der Waals surface area contributed by atoms with E-state index in [1.54, 1.807) is 0 Å². The second-order valence-corrected chi connectivity index (χ2v) is 4.48. The predicted molar refractivity (Wildman–Crippen MR) is 76.6 cm³/mol. The Kier molecular flexibility index (Phi) is 4.27. The monoisotopic (exact) mass is 288 g/mol. The van der Waals surface area contributed by atoms with Crippen molar-refractivity contribution in [3.8, 4) is 5.75 Å². The fourth-order valence-electron chi connectivity index (χ4n) is 1.92. The Morgan fingerprint density at radius 1 is 1.29 bits per heavy atom. The molecule has 0 saturated heterocycles. The highest BCUT2D eigenvalue weighted by molar-refractivity contribution is 5.97. The molecule has 0 aliphatic rings. The zero-order chi connectivity index (χ0) is 15.4. The fraction of sp³-hybridized carbons (Fsp3) is 0.200. The quantitative estimate of drug-likeness (QED) is 0.786. The van der Waals surface area contributed by atoms with E-state index in [-0.39, 0.29) is 23.2 Å². The summed E-state index contributed by atoms with van der Waals surface area (Å²) in [7, 11) is 1.47. The number of aromatic carboxylic acids is 1. The first-order valence-corrected chi connectivity index (χ1v) is 6.43. The number of hydrogen-bond acceptors (Lipinski definition) is 3. The maximum Gasteiger partial charge on any atom is 0.352 e. The molecule has 1 atom stereocenters. The third-order valence-electron chi connectivity index (χ3n) is 3.04. The molecule has 110 valence electrons. The van der Waals surface area contributed by atoms with Crippen LogP contribution in [0.15, 0.2) is 36.4 Å². The number of hydrogen-bond donors (Lipinski definition) is 3. The van der Waals surface area contributed by atoms with Crippen molar-refractivity contribution >= 4 is 11.9 Å². The molecule has 0 bridgehead atoms. The van der Waals surface area contributed by atoms with Gasteiger partial charge in [0.15, 0.2) is 5.75 Å². The Morgan fingerprint density at radius 2 is 1.95 bits per heavy atom. The second-order valence-electron chi connectivity index (χ2n) is 4.48. The summed E-state index contributed by atoms with van der Waals surface area (Å²) < 4.78 is 5.73. The van der Waals surface area contributed by atoms with Gasteiger partial charge in [-0.2, -0.15) is 0 Å². The van der Waals surface area contributed by atoms with Gasteiger partial charge in [0.25, 0.3) is 5.91 Å². The molecule has 3 N–H and O–H groups in total. The van der Waals surface area contributed by atoms with Crippen LogP contribution >= 0.6 is 0 Å². The molecular formula is C15H16N2O4. The van der Waals surface area contributed by atoms with E-state index in [0.717, 1.165) is 5.56 Å². The number of carbonyl (C=O) groups excluding carboxylic acids is 1. The van der Waals surface area contributed by atoms with Crippen LogP contribution in [0.2, 0.25) is 0 Å². The van der Waals surface area contributed by atoms with Gasteiger partial charge in [-0.15, -0.1) is 0 Å². The van der Waals surface area contributed by atoms with Crippen LogP contribution in [0.1, 0.15) is 39.6 Å². The summed E-state index contributed by atoms with van der Waals surface area (Å²) in [5.74, 6) is -1.37. The van der Waals surface area contributed by atoms with Crippen molar-refractivity contribution in [3.05, 3.63) is 53.3 Å². The molecule has 21 heavy (non-hydrogen) atoms. The molecule has 2 rings (SSSR count). The van der Waals surface area contributed by atoms with E-state index in [1.807, 2.05) is 37.3 Å². The lowest BCUT2D eigenvalue weighted by atomic mass is 10.1. The first kappa shape index (κ1) is 14.6. The molecule has 0 radical (unpaired) electrons. The highest BCUT2D eigenvalue weighted by Crippen LogP contribution is 2.26. The first-order valence-electron chi connectivity index (χ1n) is 6.43. The van der Waals surface area contributed by atoms with Crippen LogP contribution in [0.5, 0.6) is 5.75 Å². The van der Waals surface area contributed by atoms with Gasteiger partial charge in [-0.3, -0.25) is 4.79 Å². The van der Waals surface area contributed by atoms with Gasteiger partial charge in [-0.1, -0.05) is 30.3 Å². The largest absolute Gasteiger partial charge is 0.484 e. The van der Waals surface area contributed by atoms with Gasteiger partial charge < -0.3 is 20.1 Å². The molecule has 0 aliphatic heterocycles. The van der Waals surface area contributed by atoms with Gasteiger partial charge in [0.05, 0.1) is 0 Å². The third kappa shape index (κ3) is 3.22. The van der Waals surface area contributed by atoms with Crippen LogP contribution in [0.4, 0.5) is 0 Å². The van der Waals surface area contributed by atoms with E-state index in [0.29, 0.717) is 0 Å². The fourth-order valence-corrected chi connectivity index (χ4v) is 1.92. The Bertz CT molecular complexity index is 649. The molecule has 1 aromatic heterocycles. The van der Waals surface area contributed by atoms with E-state index < -0.39 is 11.9 Å². The van der Waals surface area contributed by atoms with Gasteiger partial charge in [0.2, 0.25) is 0 Å². The minimum absolute atomic E-state index is 0.0936. The molecule has 6 nitrogen and oxygen atoms in total. The van der Waals surface area contributed by atoms with E-state index in [9.17, 15) is 9.59 Å². The average molecular weight is 288 g/mol. The van der Waals surface area contributed by atoms with Gasteiger partial charge >= 0.3 is 5.97 Å². The molecule has 1 amide bonds. The first-order chi connectivity index (χ1) is 10.0. The van der Waals surface area contributed by atoms with Crippen molar-refractivity contribution in [2.75, 3.05) is 7.05 Å². The normalized spacial score (nSPS) is 11.7. The van der Waals surface area contributed by atoms with Crippen molar-refractivity contribution in [2.45, 2.75) is 13.0 Å². The number of amides is 1. The Labute approximate surface area is 121 Å². The number of aromatic amines is 1. The van der Waals surface area contributed by atoms with E-state index >= 15 is 0 Å². The number of H-pyrrole nitrogens is 1. The Hall–Kier alpha value is -2.76. The maximum absolute atomic E-state index is 11.8. The standard InChI is InChI=1S/C15H16N2O4/c1-9(10-6-4-3-5-7-10)21-12-8-11(15(19)20)17-13(12)14(18)16-2/h3-9,17H,1-2H3,(H,16,18)(H,19,20)/t9-/m1/s1. The zero-order valence-electron chi connectivity index (χ0n) is 11.7. The number of rotatable bonds is 5. The smallest absolute Gasteiger partial charge is 0.352 e. The summed E-state index contributed by atoms with van der Waals surface area (Å²) >= 11 is 0. The zero-order valence-corrected chi connectivity index (χ0v) is 11.7. The average Bonchev–Trinajstić information content (AvgIpc) is 2.91. The number of carboxylic acid groups (broad SMARTS) is 1. The van der Waals surface area contributed by atoms with Crippen LogP contribution in [0, 0.1) is 0 Å². The molecule has 1 heterocycles. The molecule has 6 heteroatoms. The van der Waals surface area contributed by atoms with E-state index in [1.165, 1.54) is 13.1 Å². The van der Waals surface area contributed by atoms with Crippen LogP contribution < -0.4 is 10.1 Å². The van der Waals surface area contributed by atoms with Crippen molar-refractivity contribution in [2.24, 2.45) is 0 Å².